The number of aryl methyl sites for hydroxylation is 1. The van der Waals surface area contributed by atoms with Crippen LogP contribution in [-0.4, -0.2) is 6.61 Å². The number of benzene rings is 2. The summed E-state index contributed by atoms with van der Waals surface area (Å²) < 4.78 is 5.47. The Kier molecular flexibility index (Phi) is 3.72. The second-order valence-corrected chi connectivity index (χ2v) is 4.22. The molecule has 0 spiro atoms. The standard InChI is InChI=1S/C15H18N2O/c1-3-18-15-9-12(16)8-14(10-15)17-13-6-4-5-11(2)7-13/h4-10,17H,3,16H2,1-2H3. The van der Waals surface area contributed by atoms with E-state index in [9.17, 15) is 0 Å². The number of nitrogen functional groups attached to an aromatic ring is 1. The number of hydrogen-bond donors (Lipinski definition) is 2. The van der Waals surface area contributed by atoms with Gasteiger partial charge in [-0.1, -0.05) is 12.1 Å². The van der Waals surface area contributed by atoms with E-state index in [0.717, 1.165) is 17.1 Å². The maximum absolute atomic E-state index is 5.85. The van der Waals surface area contributed by atoms with Crippen LogP contribution in [-0.2, 0) is 0 Å². The largest absolute Gasteiger partial charge is 0.494 e. The van der Waals surface area contributed by atoms with Crippen molar-refractivity contribution in [1.29, 1.82) is 0 Å². The normalized spacial score (nSPS) is 10.1. The molecule has 0 amide bonds. The SMILES string of the molecule is CCOc1cc(N)cc(Nc2cccc(C)c2)c1. The molecule has 2 aromatic rings. The Morgan fingerprint density at radius 3 is 2.67 bits per heavy atom. The van der Waals surface area contributed by atoms with Crippen LogP contribution in [0, 0.1) is 6.92 Å². The van der Waals surface area contributed by atoms with Gasteiger partial charge in [0.15, 0.2) is 0 Å². The van der Waals surface area contributed by atoms with Crippen LogP contribution in [0.25, 0.3) is 0 Å². The van der Waals surface area contributed by atoms with Gasteiger partial charge in [-0.15, -0.1) is 0 Å². The summed E-state index contributed by atoms with van der Waals surface area (Å²) in [4.78, 5) is 0. The molecule has 0 saturated heterocycles. The first-order valence-electron chi connectivity index (χ1n) is 6.04. The van der Waals surface area contributed by atoms with E-state index in [0.29, 0.717) is 12.3 Å². The summed E-state index contributed by atoms with van der Waals surface area (Å²) in [6, 6.07) is 13.9. The van der Waals surface area contributed by atoms with Crippen molar-refractivity contribution in [3.05, 3.63) is 48.0 Å². The van der Waals surface area contributed by atoms with E-state index in [2.05, 4.69) is 24.4 Å². The monoisotopic (exact) mass is 242 g/mol. The van der Waals surface area contributed by atoms with Gasteiger partial charge in [-0.25, -0.2) is 0 Å². The van der Waals surface area contributed by atoms with Crippen molar-refractivity contribution in [2.75, 3.05) is 17.7 Å². The van der Waals surface area contributed by atoms with Crippen molar-refractivity contribution in [3.8, 4) is 5.75 Å². The molecule has 0 bridgehead atoms. The molecule has 0 aliphatic carbocycles. The van der Waals surface area contributed by atoms with Crippen LogP contribution in [0.4, 0.5) is 17.1 Å². The van der Waals surface area contributed by atoms with Gasteiger partial charge < -0.3 is 15.8 Å². The van der Waals surface area contributed by atoms with Crippen molar-refractivity contribution in [2.45, 2.75) is 13.8 Å². The smallest absolute Gasteiger partial charge is 0.123 e. The Hall–Kier alpha value is -2.16. The predicted molar refractivity (Wildman–Crippen MR) is 76.5 cm³/mol. The fraction of sp³-hybridized carbons (Fsp3) is 0.200. The average Bonchev–Trinajstić information content (AvgIpc) is 2.28. The molecule has 0 unspecified atom stereocenters. The molecule has 94 valence electrons. The summed E-state index contributed by atoms with van der Waals surface area (Å²) in [5.74, 6) is 0.785. The highest BCUT2D eigenvalue weighted by molar-refractivity contribution is 5.66. The lowest BCUT2D eigenvalue weighted by Gasteiger charge is -2.11. The lowest BCUT2D eigenvalue weighted by atomic mass is 10.2. The number of ether oxygens (including phenoxy) is 1. The van der Waals surface area contributed by atoms with E-state index >= 15 is 0 Å². The number of anilines is 3. The molecule has 3 heteroatoms. The Morgan fingerprint density at radius 2 is 1.94 bits per heavy atom. The third-order valence-corrected chi connectivity index (χ3v) is 2.55. The predicted octanol–water partition coefficient (Wildman–Crippen LogP) is 3.72. The van der Waals surface area contributed by atoms with Gasteiger partial charge in [-0.2, -0.15) is 0 Å². The molecule has 0 radical (unpaired) electrons. The lowest BCUT2D eigenvalue weighted by Crippen LogP contribution is -1.97. The van der Waals surface area contributed by atoms with Gasteiger partial charge in [0.05, 0.1) is 6.61 Å². The highest BCUT2D eigenvalue weighted by atomic mass is 16.5. The number of nitrogens with two attached hydrogens (primary N) is 1. The molecule has 0 heterocycles. The third-order valence-electron chi connectivity index (χ3n) is 2.55. The van der Waals surface area contributed by atoms with E-state index in [-0.39, 0.29) is 0 Å². The van der Waals surface area contributed by atoms with E-state index in [1.54, 1.807) is 0 Å². The fourth-order valence-corrected chi connectivity index (χ4v) is 1.83. The highest BCUT2D eigenvalue weighted by Crippen LogP contribution is 2.25. The second kappa shape index (κ2) is 5.45. The number of hydrogen-bond acceptors (Lipinski definition) is 3. The first-order valence-corrected chi connectivity index (χ1v) is 6.04. The Labute approximate surface area is 108 Å². The van der Waals surface area contributed by atoms with E-state index in [1.807, 2.05) is 37.3 Å². The van der Waals surface area contributed by atoms with Crippen molar-refractivity contribution in [1.82, 2.24) is 0 Å². The topological polar surface area (TPSA) is 47.3 Å². The zero-order valence-corrected chi connectivity index (χ0v) is 10.7. The Balaban J connectivity index is 2.23. The summed E-state index contributed by atoms with van der Waals surface area (Å²) in [5.41, 5.74) is 9.74. The summed E-state index contributed by atoms with van der Waals surface area (Å²) in [6.45, 7) is 4.65. The fourth-order valence-electron chi connectivity index (χ4n) is 1.83. The zero-order valence-electron chi connectivity index (χ0n) is 10.7. The van der Waals surface area contributed by atoms with Crippen LogP contribution in [0.2, 0.25) is 0 Å². The third kappa shape index (κ3) is 3.17. The van der Waals surface area contributed by atoms with Crippen LogP contribution in [0.1, 0.15) is 12.5 Å². The molecular weight excluding hydrogens is 224 g/mol. The molecular formula is C15H18N2O. The van der Waals surface area contributed by atoms with Gasteiger partial charge in [0.1, 0.15) is 5.75 Å². The maximum atomic E-state index is 5.85. The number of nitrogens with one attached hydrogen (secondary N) is 1. The summed E-state index contributed by atoms with van der Waals surface area (Å²) in [6.07, 6.45) is 0. The molecule has 2 rings (SSSR count). The van der Waals surface area contributed by atoms with Crippen LogP contribution in [0.3, 0.4) is 0 Å². The summed E-state index contributed by atoms with van der Waals surface area (Å²) in [7, 11) is 0. The van der Waals surface area contributed by atoms with E-state index in [4.69, 9.17) is 10.5 Å². The van der Waals surface area contributed by atoms with Gasteiger partial charge >= 0.3 is 0 Å². The summed E-state index contributed by atoms with van der Waals surface area (Å²) in [5, 5.41) is 3.32. The van der Waals surface area contributed by atoms with E-state index < -0.39 is 0 Å². The quantitative estimate of drug-likeness (QED) is 0.803. The van der Waals surface area contributed by atoms with Crippen LogP contribution in [0.15, 0.2) is 42.5 Å². The Morgan fingerprint density at radius 1 is 1.11 bits per heavy atom. The van der Waals surface area contributed by atoms with Gasteiger partial charge in [0.25, 0.3) is 0 Å². The van der Waals surface area contributed by atoms with Gasteiger partial charge in [-0.05, 0) is 37.6 Å². The van der Waals surface area contributed by atoms with Crippen molar-refractivity contribution in [2.24, 2.45) is 0 Å². The van der Waals surface area contributed by atoms with Crippen molar-refractivity contribution < 1.29 is 4.74 Å². The van der Waals surface area contributed by atoms with Crippen molar-refractivity contribution >= 4 is 17.1 Å². The zero-order chi connectivity index (χ0) is 13.0. The average molecular weight is 242 g/mol. The van der Waals surface area contributed by atoms with E-state index in [1.165, 1.54) is 5.56 Å². The second-order valence-electron chi connectivity index (χ2n) is 4.22. The molecule has 0 aliphatic heterocycles. The molecule has 0 atom stereocenters. The summed E-state index contributed by atoms with van der Waals surface area (Å²) >= 11 is 0. The molecule has 0 fully saturated rings. The van der Waals surface area contributed by atoms with Crippen molar-refractivity contribution in [3.63, 3.8) is 0 Å². The molecule has 3 nitrogen and oxygen atoms in total. The van der Waals surface area contributed by atoms with Gasteiger partial charge in [-0.3, -0.25) is 0 Å². The van der Waals surface area contributed by atoms with Gasteiger partial charge in [0.2, 0.25) is 0 Å². The first kappa shape index (κ1) is 12.3. The number of rotatable bonds is 4. The van der Waals surface area contributed by atoms with Gasteiger partial charge in [0, 0.05) is 29.2 Å². The molecule has 0 saturated carbocycles. The van der Waals surface area contributed by atoms with Crippen LogP contribution < -0.4 is 15.8 Å². The molecule has 18 heavy (non-hydrogen) atoms. The molecule has 0 aromatic heterocycles. The van der Waals surface area contributed by atoms with Crippen LogP contribution >= 0.6 is 0 Å². The first-order chi connectivity index (χ1) is 8.67. The Bertz CT molecular complexity index is 538. The minimum Gasteiger partial charge on any atom is -0.494 e. The maximum Gasteiger partial charge on any atom is 0.123 e. The highest BCUT2D eigenvalue weighted by Gasteiger charge is 2.00. The molecule has 2 aromatic carbocycles. The minimum absolute atomic E-state index is 0.632. The molecule has 3 N–H and O–H groups in total. The lowest BCUT2D eigenvalue weighted by molar-refractivity contribution is 0.340. The molecule has 0 aliphatic rings. The van der Waals surface area contributed by atoms with Crippen LogP contribution in [0.5, 0.6) is 5.75 Å². The minimum atomic E-state index is 0.632.